The molecule has 0 spiro atoms. The van der Waals surface area contributed by atoms with Gasteiger partial charge in [0, 0.05) is 41.5 Å². The molecule has 1 aromatic carbocycles. The van der Waals surface area contributed by atoms with E-state index in [1.807, 2.05) is 29.5 Å². The second kappa shape index (κ2) is 6.43. The molecule has 0 unspecified atom stereocenters. The normalized spacial score (nSPS) is 14.8. The summed E-state index contributed by atoms with van der Waals surface area (Å²) < 4.78 is 0. The summed E-state index contributed by atoms with van der Waals surface area (Å²) in [7, 11) is 0. The molecule has 1 aliphatic rings. The first-order valence-electron chi connectivity index (χ1n) is 7.71. The Balaban J connectivity index is 1.40. The highest BCUT2D eigenvalue weighted by atomic mass is 35.5. The molecule has 2 aromatic heterocycles. The van der Waals surface area contributed by atoms with Crippen molar-refractivity contribution in [2.45, 2.75) is 13.0 Å². The van der Waals surface area contributed by atoms with Gasteiger partial charge >= 0.3 is 0 Å². The van der Waals surface area contributed by atoms with Gasteiger partial charge in [-0.05, 0) is 41.6 Å². The van der Waals surface area contributed by atoms with Crippen LogP contribution in [0, 0.1) is 0 Å². The molecular formula is C17H17ClN4S. The van der Waals surface area contributed by atoms with Crippen LogP contribution in [-0.2, 0) is 13.0 Å². The topological polar surface area (TPSA) is 41.0 Å². The van der Waals surface area contributed by atoms with Gasteiger partial charge in [0.25, 0.3) is 0 Å². The van der Waals surface area contributed by atoms with Gasteiger partial charge in [-0.15, -0.1) is 11.3 Å². The van der Waals surface area contributed by atoms with Crippen LogP contribution in [0.1, 0.15) is 10.4 Å². The zero-order valence-corrected chi connectivity index (χ0v) is 14.2. The van der Waals surface area contributed by atoms with Gasteiger partial charge in [-0.25, -0.2) is 9.97 Å². The smallest absolute Gasteiger partial charge is 0.137 e. The number of fused-ring (bicyclic) bond motifs is 2. The number of rotatable bonds is 4. The van der Waals surface area contributed by atoms with Crippen molar-refractivity contribution in [1.82, 2.24) is 14.9 Å². The van der Waals surface area contributed by atoms with E-state index in [1.165, 1.54) is 12.0 Å². The Labute approximate surface area is 144 Å². The number of hydrogen-bond donors (Lipinski definition) is 1. The lowest BCUT2D eigenvalue weighted by atomic mass is 10.1. The molecule has 0 saturated carbocycles. The van der Waals surface area contributed by atoms with E-state index in [9.17, 15) is 0 Å². The molecule has 3 heterocycles. The summed E-state index contributed by atoms with van der Waals surface area (Å²) in [4.78, 5) is 12.7. The van der Waals surface area contributed by atoms with Crippen molar-refractivity contribution in [3.8, 4) is 0 Å². The summed E-state index contributed by atoms with van der Waals surface area (Å²) in [6, 6.07) is 7.97. The summed E-state index contributed by atoms with van der Waals surface area (Å²) in [5.41, 5.74) is 2.36. The third-order valence-corrected chi connectivity index (χ3v) is 5.46. The third-order valence-electron chi connectivity index (χ3n) is 4.21. The van der Waals surface area contributed by atoms with Gasteiger partial charge in [-0.1, -0.05) is 11.6 Å². The Bertz CT molecular complexity index is 832. The van der Waals surface area contributed by atoms with Gasteiger partial charge < -0.3 is 5.32 Å². The molecular weight excluding hydrogens is 328 g/mol. The number of benzene rings is 1. The Hall–Kier alpha value is -1.69. The molecule has 1 aliphatic heterocycles. The zero-order chi connectivity index (χ0) is 15.6. The minimum absolute atomic E-state index is 0.696. The van der Waals surface area contributed by atoms with Gasteiger partial charge in [-0.2, -0.15) is 0 Å². The highest BCUT2D eigenvalue weighted by molar-refractivity contribution is 7.10. The molecule has 4 rings (SSSR count). The fraction of sp³-hybridized carbons (Fsp3) is 0.294. The van der Waals surface area contributed by atoms with E-state index in [4.69, 9.17) is 11.6 Å². The molecule has 0 amide bonds. The van der Waals surface area contributed by atoms with Crippen LogP contribution < -0.4 is 5.32 Å². The third kappa shape index (κ3) is 3.17. The molecule has 118 valence electrons. The molecule has 1 N–H and O–H groups in total. The van der Waals surface area contributed by atoms with Crippen LogP contribution in [-0.4, -0.2) is 34.5 Å². The molecule has 0 atom stereocenters. The number of nitrogens with zero attached hydrogens (tertiary/aromatic N) is 3. The highest BCUT2D eigenvalue weighted by Gasteiger charge is 2.16. The molecule has 0 saturated heterocycles. The average Bonchev–Trinajstić information content (AvgIpc) is 3.02. The van der Waals surface area contributed by atoms with Crippen molar-refractivity contribution in [2.24, 2.45) is 0 Å². The fourth-order valence-corrected chi connectivity index (χ4v) is 4.06. The van der Waals surface area contributed by atoms with Crippen molar-refractivity contribution < 1.29 is 0 Å². The standard InChI is InChI=1S/C17H17ClN4S/c18-13-1-2-14-15(9-13)20-11-21-17(14)19-5-7-22-6-3-16-12(10-22)4-8-23-16/h1-2,4,8-9,11H,3,5-7,10H2,(H,19,20,21). The Kier molecular flexibility index (Phi) is 4.16. The monoisotopic (exact) mass is 344 g/mol. The van der Waals surface area contributed by atoms with Gasteiger partial charge in [0.15, 0.2) is 0 Å². The summed E-state index contributed by atoms with van der Waals surface area (Å²) in [5.74, 6) is 0.875. The minimum atomic E-state index is 0.696. The van der Waals surface area contributed by atoms with Crippen LogP contribution in [0.25, 0.3) is 10.9 Å². The van der Waals surface area contributed by atoms with Gasteiger partial charge in [-0.3, -0.25) is 4.90 Å². The van der Waals surface area contributed by atoms with Crippen molar-refractivity contribution in [2.75, 3.05) is 25.0 Å². The summed E-state index contributed by atoms with van der Waals surface area (Å²) >= 11 is 7.90. The summed E-state index contributed by atoms with van der Waals surface area (Å²) in [6.45, 7) is 4.07. The molecule has 0 aliphatic carbocycles. The van der Waals surface area contributed by atoms with Crippen LogP contribution in [0.2, 0.25) is 5.02 Å². The first-order valence-corrected chi connectivity index (χ1v) is 8.97. The lowest BCUT2D eigenvalue weighted by Gasteiger charge is -2.26. The molecule has 0 fully saturated rings. The van der Waals surface area contributed by atoms with Crippen molar-refractivity contribution >= 4 is 39.7 Å². The van der Waals surface area contributed by atoms with Crippen LogP contribution >= 0.6 is 22.9 Å². The van der Waals surface area contributed by atoms with Gasteiger partial charge in [0.05, 0.1) is 5.52 Å². The maximum atomic E-state index is 6.02. The van der Waals surface area contributed by atoms with E-state index in [0.29, 0.717) is 5.02 Å². The summed E-state index contributed by atoms with van der Waals surface area (Å²) in [5, 5.41) is 7.34. The van der Waals surface area contributed by atoms with Crippen molar-refractivity contribution in [3.63, 3.8) is 0 Å². The predicted octanol–water partition coefficient (Wildman–Crippen LogP) is 3.81. The second-order valence-electron chi connectivity index (χ2n) is 5.71. The lowest BCUT2D eigenvalue weighted by molar-refractivity contribution is 0.266. The number of thiophene rings is 1. The van der Waals surface area contributed by atoms with Crippen molar-refractivity contribution in [1.29, 1.82) is 0 Å². The molecule has 3 aromatic rings. The average molecular weight is 345 g/mol. The minimum Gasteiger partial charge on any atom is -0.368 e. The predicted molar refractivity (Wildman–Crippen MR) is 96.3 cm³/mol. The number of halogens is 1. The van der Waals surface area contributed by atoms with Crippen LogP contribution in [0.4, 0.5) is 5.82 Å². The fourth-order valence-electron chi connectivity index (χ4n) is 3.00. The number of aromatic nitrogens is 2. The number of hydrogen-bond acceptors (Lipinski definition) is 5. The maximum Gasteiger partial charge on any atom is 0.137 e. The Morgan fingerprint density at radius 1 is 1.26 bits per heavy atom. The first-order chi connectivity index (χ1) is 11.3. The van der Waals surface area contributed by atoms with E-state index in [-0.39, 0.29) is 0 Å². The van der Waals surface area contributed by atoms with E-state index < -0.39 is 0 Å². The van der Waals surface area contributed by atoms with Gasteiger partial charge in [0.1, 0.15) is 12.1 Å². The lowest BCUT2D eigenvalue weighted by Crippen LogP contribution is -2.33. The quantitative estimate of drug-likeness (QED) is 0.781. The van der Waals surface area contributed by atoms with E-state index in [2.05, 4.69) is 31.6 Å². The van der Waals surface area contributed by atoms with Gasteiger partial charge in [0.2, 0.25) is 0 Å². The highest BCUT2D eigenvalue weighted by Crippen LogP contribution is 2.24. The van der Waals surface area contributed by atoms with E-state index in [1.54, 1.807) is 11.2 Å². The Morgan fingerprint density at radius 3 is 3.17 bits per heavy atom. The SMILES string of the molecule is Clc1ccc2c(NCCN3CCc4sccc4C3)ncnc2c1. The Morgan fingerprint density at radius 2 is 2.22 bits per heavy atom. The van der Waals surface area contributed by atoms with Crippen LogP contribution in [0.5, 0.6) is 0 Å². The molecule has 6 heteroatoms. The number of nitrogens with one attached hydrogen (secondary N) is 1. The summed E-state index contributed by atoms with van der Waals surface area (Å²) in [6.07, 6.45) is 2.75. The number of anilines is 1. The van der Waals surface area contributed by atoms with Crippen LogP contribution in [0.3, 0.4) is 0 Å². The van der Waals surface area contributed by atoms with Crippen molar-refractivity contribution in [3.05, 3.63) is 51.4 Å². The zero-order valence-electron chi connectivity index (χ0n) is 12.6. The maximum absolute atomic E-state index is 6.02. The van der Waals surface area contributed by atoms with E-state index >= 15 is 0 Å². The van der Waals surface area contributed by atoms with Crippen LogP contribution in [0.15, 0.2) is 36.0 Å². The molecule has 4 nitrogen and oxygen atoms in total. The molecule has 0 bridgehead atoms. The van der Waals surface area contributed by atoms with E-state index in [0.717, 1.165) is 42.9 Å². The largest absolute Gasteiger partial charge is 0.368 e. The molecule has 0 radical (unpaired) electrons. The first kappa shape index (κ1) is 14.9. The second-order valence-corrected chi connectivity index (χ2v) is 7.14. The molecule has 23 heavy (non-hydrogen) atoms.